The van der Waals surface area contributed by atoms with Gasteiger partial charge in [0.15, 0.2) is 5.65 Å². The van der Waals surface area contributed by atoms with Crippen LogP contribution in [0.4, 0.5) is 0 Å². The molecule has 1 aliphatic heterocycles. The van der Waals surface area contributed by atoms with Gasteiger partial charge in [0.2, 0.25) is 5.91 Å². The lowest BCUT2D eigenvalue weighted by Gasteiger charge is -2.29. The fourth-order valence-corrected chi connectivity index (χ4v) is 3.15. The molecule has 8 heteroatoms. The lowest BCUT2D eigenvalue weighted by Crippen LogP contribution is -2.48. The number of thioether (sulfide) groups is 1. The molecule has 1 saturated heterocycles. The Morgan fingerprint density at radius 2 is 2.15 bits per heavy atom. The van der Waals surface area contributed by atoms with E-state index in [0.29, 0.717) is 5.65 Å². The van der Waals surface area contributed by atoms with E-state index in [1.165, 1.54) is 18.1 Å². The highest BCUT2D eigenvalue weighted by Crippen LogP contribution is 2.26. The smallest absolute Gasteiger partial charge is 0.235 e. The van der Waals surface area contributed by atoms with E-state index in [-0.39, 0.29) is 11.2 Å². The molecule has 1 aliphatic rings. The SMILES string of the molecule is CC(Sc1ncnc2nc[nH]c12)C(=O)N1CCNCC1. The molecular formula is C12H16N6OS. The van der Waals surface area contributed by atoms with Crippen LogP contribution in [0.1, 0.15) is 6.92 Å². The van der Waals surface area contributed by atoms with Gasteiger partial charge in [0.05, 0.1) is 11.6 Å². The fraction of sp³-hybridized carbons (Fsp3) is 0.500. The van der Waals surface area contributed by atoms with E-state index in [9.17, 15) is 4.79 Å². The third-order valence-electron chi connectivity index (χ3n) is 3.25. The molecule has 0 spiro atoms. The van der Waals surface area contributed by atoms with Crippen LogP contribution in [0, 0.1) is 0 Å². The van der Waals surface area contributed by atoms with E-state index >= 15 is 0 Å². The van der Waals surface area contributed by atoms with Gasteiger partial charge in [-0.2, -0.15) is 0 Å². The minimum atomic E-state index is -0.172. The average Bonchev–Trinajstić information content (AvgIpc) is 2.97. The van der Waals surface area contributed by atoms with E-state index in [1.54, 1.807) is 6.33 Å². The number of fused-ring (bicyclic) bond motifs is 1. The van der Waals surface area contributed by atoms with Gasteiger partial charge < -0.3 is 15.2 Å². The molecule has 2 aromatic rings. The number of carbonyl (C=O) groups excluding carboxylic acids is 1. The second-order valence-electron chi connectivity index (χ2n) is 4.62. The monoisotopic (exact) mass is 292 g/mol. The van der Waals surface area contributed by atoms with Gasteiger partial charge in [-0.3, -0.25) is 4.79 Å². The van der Waals surface area contributed by atoms with E-state index in [2.05, 4.69) is 25.3 Å². The normalized spacial score (nSPS) is 17.4. The van der Waals surface area contributed by atoms with Crippen molar-refractivity contribution in [2.24, 2.45) is 0 Å². The Morgan fingerprint density at radius 1 is 1.35 bits per heavy atom. The first-order valence-electron chi connectivity index (χ1n) is 6.56. The minimum absolute atomic E-state index is 0.155. The Balaban J connectivity index is 1.73. The largest absolute Gasteiger partial charge is 0.341 e. The van der Waals surface area contributed by atoms with Crippen molar-refractivity contribution in [3.63, 3.8) is 0 Å². The Labute approximate surface area is 120 Å². The first kappa shape index (κ1) is 13.3. The molecule has 3 rings (SSSR count). The standard InChI is InChI=1S/C12H16N6OS/c1-8(12(19)18-4-2-13-3-5-18)20-11-9-10(15-6-14-9)16-7-17-11/h6-8,13H,2-5H2,1H3,(H,14,15,16,17). The summed E-state index contributed by atoms with van der Waals surface area (Å²) in [4.78, 5) is 29.7. The van der Waals surface area contributed by atoms with E-state index in [1.807, 2.05) is 11.8 Å². The van der Waals surface area contributed by atoms with Gasteiger partial charge in [-0.1, -0.05) is 11.8 Å². The molecule has 1 atom stereocenters. The molecule has 0 aliphatic carbocycles. The molecule has 7 nitrogen and oxygen atoms in total. The number of amides is 1. The van der Waals surface area contributed by atoms with Crippen LogP contribution in [0.25, 0.3) is 11.2 Å². The van der Waals surface area contributed by atoms with Gasteiger partial charge >= 0.3 is 0 Å². The van der Waals surface area contributed by atoms with Crippen LogP contribution in [0.3, 0.4) is 0 Å². The van der Waals surface area contributed by atoms with E-state index in [0.717, 1.165) is 36.7 Å². The summed E-state index contributed by atoms with van der Waals surface area (Å²) in [6, 6.07) is 0. The Morgan fingerprint density at radius 3 is 2.95 bits per heavy atom. The van der Waals surface area contributed by atoms with Crippen LogP contribution in [0.5, 0.6) is 0 Å². The number of rotatable bonds is 3. The summed E-state index contributed by atoms with van der Waals surface area (Å²) in [5.74, 6) is 0.155. The predicted molar refractivity (Wildman–Crippen MR) is 76.5 cm³/mol. The summed E-state index contributed by atoms with van der Waals surface area (Å²) in [5.41, 5.74) is 1.42. The third-order valence-corrected chi connectivity index (χ3v) is 4.34. The lowest BCUT2D eigenvalue weighted by atomic mass is 10.3. The molecule has 0 bridgehead atoms. The van der Waals surface area contributed by atoms with Crippen molar-refractivity contribution in [1.29, 1.82) is 0 Å². The highest BCUT2D eigenvalue weighted by atomic mass is 32.2. The van der Waals surface area contributed by atoms with Crippen LogP contribution in [-0.4, -0.2) is 62.2 Å². The van der Waals surface area contributed by atoms with E-state index in [4.69, 9.17) is 0 Å². The summed E-state index contributed by atoms with van der Waals surface area (Å²) in [7, 11) is 0. The maximum absolute atomic E-state index is 12.4. The quantitative estimate of drug-likeness (QED) is 0.623. The Bertz CT molecular complexity index is 609. The van der Waals surface area contributed by atoms with Crippen LogP contribution < -0.4 is 5.32 Å². The number of aromatic nitrogens is 4. The van der Waals surface area contributed by atoms with Crippen LogP contribution in [-0.2, 0) is 4.79 Å². The number of piperazine rings is 1. The molecule has 1 fully saturated rings. The maximum Gasteiger partial charge on any atom is 0.235 e. The lowest BCUT2D eigenvalue weighted by molar-refractivity contribution is -0.130. The van der Waals surface area contributed by atoms with Crippen molar-refractivity contribution in [1.82, 2.24) is 30.2 Å². The van der Waals surface area contributed by atoms with Crippen molar-refractivity contribution < 1.29 is 4.79 Å². The third kappa shape index (κ3) is 2.61. The Hall–Kier alpha value is -1.67. The second kappa shape index (κ2) is 5.76. The van der Waals surface area contributed by atoms with Crippen LogP contribution in [0.15, 0.2) is 17.7 Å². The molecule has 20 heavy (non-hydrogen) atoms. The molecule has 0 radical (unpaired) electrons. The number of H-pyrrole nitrogens is 1. The molecular weight excluding hydrogens is 276 g/mol. The molecule has 1 unspecified atom stereocenters. The van der Waals surface area contributed by atoms with Crippen molar-refractivity contribution in [2.45, 2.75) is 17.2 Å². The van der Waals surface area contributed by atoms with Crippen LogP contribution in [0.2, 0.25) is 0 Å². The molecule has 2 N–H and O–H groups in total. The first-order valence-corrected chi connectivity index (χ1v) is 7.44. The predicted octanol–water partition coefficient (Wildman–Crippen LogP) is 0.265. The highest BCUT2D eigenvalue weighted by Gasteiger charge is 2.24. The van der Waals surface area contributed by atoms with Crippen molar-refractivity contribution in [2.75, 3.05) is 26.2 Å². The number of hydrogen-bond donors (Lipinski definition) is 2. The zero-order valence-corrected chi connectivity index (χ0v) is 12.0. The van der Waals surface area contributed by atoms with Gasteiger partial charge in [-0.05, 0) is 6.92 Å². The average molecular weight is 292 g/mol. The molecule has 0 saturated carbocycles. The number of hydrogen-bond acceptors (Lipinski definition) is 6. The number of carbonyl (C=O) groups is 1. The summed E-state index contributed by atoms with van der Waals surface area (Å²) in [6.45, 7) is 5.18. The van der Waals surface area contributed by atoms with Gasteiger partial charge in [-0.25, -0.2) is 15.0 Å². The number of nitrogens with one attached hydrogen (secondary N) is 2. The summed E-state index contributed by atoms with van der Waals surface area (Å²) < 4.78 is 0. The van der Waals surface area contributed by atoms with Gasteiger partial charge in [0.25, 0.3) is 0 Å². The summed E-state index contributed by atoms with van der Waals surface area (Å²) >= 11 is 1.45. The van der Waals surface area contributed by atoms with Crippen LogP contribution >= 0.6 is 11.8 Å². The fourth-order valence-electron chi connectivity index (χ4n) is 2.19. The zero-order valence-electron chi connectivity index (χ0n) is 11.2. The van der Waals surface area contributed by atoms with Gasteiger partial charge in [-0.15, -0.1) is 0 Å². The maximum atomic E-state index is 12.4. The molecule has 2 aromatic heterocycles. The summed E-state index contributed by atoms with van der Waals surface area (Å²) in [6.07, 6.45) is 3.07. The number of nitrogens with zero attached hydrogens (tertiary/aromatic N) is 4. The van der Waals surface area contributed by atoms with Gasteiger partial charge in [0.1, 0.15) is 16.9 Å². The topological polar surface area (TPSA) is 86.8 Å². The summed E-state index contributed by atoms with van der Waals surface area (Å²) in [5, 5.41) is 3.84. The molecule has 0 aromatic carbocycles. The zero-order chi connectivity index (χ0) is 13.9. The highest BCUT2D eigenvalue weighted by molar-refractivity contribution is 8.00. The van der Waals surface area contributed by atoms with Gasteiger partial charge in [0, 0.05) is 26.2 Å². The van der Waals surface area contributed by atoms with Crippen molar-refractivity contribution in [3.8, 4) is 0 Å². The minimum Gasteiger partial charge on any atom is -0.341 e. The first-order chi connectivity index (χ1) is 9.75. The molecule has 106 valence electrons. The van der Waals surface area contributed by atoms with E-state index < -0.39 is 0 Å². The Kier molecular flexibility index (Phi) is 3.83. The number of aromatic amines is 1. The van der Waals surface area contributed by atoms with Crippen molar-refractivity contribution in [3.05, 3.63) is 12.7 Å². The molecule has 1 amide bonds. The van der Waals surface area contributed by atoms with Crippen molar-refractivity contribution >= 4 is 28.8 Å². The second-order valence-corrected chi connectivity index (χ2v) is 5.94. The number of imidazole rings is 1. The molecule has 3 heterocycles.